The summed E-state index contributed by atoms with van der Waals surface area (Å²) in [5.74, 6) is 0.500. The highest BCUT2D eigenvalue weighted by molar-refractivity contribution is 4.88. The molecule has 1 rings (SSSR count). The van der Waals surface area contributed by atoms with Crippen molar-refractivity contribution in [2.24, 2.45) is 5.92 Å². The molecule has 0 aromatic heterocycles. The number of hydrogen-bond acceptors (Lipinski definition) is 0. The zero-order chi connectivity index (χ0) is 5.28. The molecule has 0 saturated heterocycles. The summed E-state index contributed by atoms with van der Waals surface area (Å²) in [7, 11) is 0. The summed E-state index contributed by atoms with van der Waals surface area (Å²) in [6.07, 6.45) is 3.03. The average molecular weight is 100 g/mol. The van der Waals surface area contributed by atoms with Crippen LogP contribution < -0.4 is 0 Å². The van der Waals surface area contributed by atoms with Crippen LogP contribution in [0.25, 0.3) is 0 Å². The quantitative estimate of drug-likeness (QED) is 0.499. The van der Waals surface area contributed by atoms with Crippen molar-refractivity contribution in [2.45, 2.75) is 19.3 Å². The van der Waals surface area contributed by atoms with E-state index >= 15 is 0 Å². The Morgan fingerprint density at radius 3 is 2.43 bits per heavy atom. The second-order valence-corrected chi connectivity index (χ2v) is 2.16. The first-order valence-electron chi connectivity index (χ1n) is 2.62. The molecule has 1 fully saturated rings. The molecule has 0 heterocycles. The van der Waals surface area contributed by atoms with Crippen molar-refractivity contribution < 1.29 is 4.39 Å². The largest absolute Gasteiger partial charge is 0.212 e. The maximum atomic E-state index is 11.8. The molecule has 0 aromatic carbocycles. The van der Waals surface area contributed by atoms with Crippen molar-refractivity contribution in [3.05, 3.63) is 12.4 Å². The summed E-state index contributed by atoms with van der Waals surface area (Å²) in [6.45, 7) is 3.17. The number of allylic oxidation sites excluding steroid dienone is 1. The van der Waals surface area contributed by atoms with E-state index in [1.54, 1.807) is 0 Å². The van der Waals surface area contributed by atoms with Crippen LogP contribution in [0.15, 0.2) is 12.4 Å². The summed E-state index contributed by atoms with van der Waals surface area (Å²) in [5.41, 5.74) is 0. The van der Waals surface area contributed by atoms with Crippen LogP contribution in [-0.2, 0) is 0 Å². The van der Waals surface area contributed by atoms with Crippen LogP contribution in [0.3, 0.4) is 0 Å². The van der Waals surface area contributed by atoms with E-state index in [2.05, 4.69) is 6.58 Å². The van der Waals surface area contributed by atoms with Gasteiger partial charge in [0.15, 0.2) is 0 Å². The predicted octanol–water partition coefficient (Wildman–Crippen LogP) is 2.27. The van der Waals surface area contributed by atoms with Gasteiger partial charge in [-0.25, -0.2) is 4.39 Å². The minimum atomic E-state index is -0.150. The van der Waals surface area contributed by atoms with Crippen molar-refractivity contribution in [3.63, 3.8) is 0 Å². The Balaban J connectivity index is 2.08. The Hall–Kier alpha value is -0.330. The van der Waals surface area contributed by atoms with Gasteiger partial charge in [0, 0.05) is 6.42 Å². The number of halogens is 1. The van der Waals surface area contributed by atoms with Crippen LogP contribution in [0.2, 0.25) is 0 Å². The molecule has 0 amide bonds. The SMILES string of the molecule is C=C(F)CC1CC1. The van der Waals surface area contributed by atoms with E-state index in [0.717, 1.165) is 0 Å². The summed E-state index contributed by atoms with van der Waals surface area (Å²) in [4.78, 5) is 0. The highest BCUT2D eigenvalue weighted by Crippen LogP contribution is 2.34. The summed E-state index contributed by atoms with van der Waals surface area (Å²) in [6, 6.07) is 0. The first-order valence-corrected chi connectivity index (χ1v) is 2.62. The molecule has 40 valence electrons. The van der Waals surface area contributed by atoms with Gasteiger partial charge in [-0.05, 0) is 18.8 Å². The van der Waals surface area contributed by atoms with Crippen LogP contribution in [0.1, 0.15) is 19.3 Å². The van der Waals surface area contributed by atoms with Gasteiger partial charge in [0.05, 0.1) is 5.83 Å². The lowest BCUT2D eigenvalue weighted by molar-refractivity contribution is 0.570. The Labute approximate surface area is 43.0 Å². The number of rotatable bonds is 2. The van der Waals surface area contributed by atoms with E-state index in [-0.39, 0.29) is 5.83 Å². The van der Waals surface area contributed by atoms with Crippen molar-refractivity contribution >= 4 is 0 Å². The van der Waals surface area contributed by atoms with Crippen LogP contribution in [0.4, 0.5) is 4.39 Å². The van der Waals surface area contributed by atoms with Gasteiger partial charge in [-0.15, -0.1) is 0 Å². The van der Waals surface area contributed by atoms with Crippen molar-refractivity contribution in [2.75, 3.05) is 0 Å². The molecule has 0 radical (unpaired) electrons. The molecule has 1 heteroatoms. The lowest BCUT2D eigenvalue weighted by Crippen LogP contribution is -1.72. The second kappa shape index (κ2) is 1.65. The molecule has 0 N–H and O–H groups in total. The lowest BCUT2D eigenvalue weighted by atomic mass is 10.3. The first kappa shape index (κ1) is 4.82. The maximum Gasteiger partial charge on any atom is 0.0930 e. The summed E-state index contributed by atoms with van der Waals surface area (Å²) >= 11 is 0. The highest BCUT2D eigenvalue weighted by Gasteiger charge is 2.21. The van der Waals surface area contributed by atoms with Crippen molar-refractivity contribution in [1.82, 2.24) is 0 Å². The second-order valence-electron chi connectivity index (χ2n) is 2.16. The topological polar surface area (TPSA) is 0 Å². The molecule has 0 unspecified atom stereocenters. The first-order chi connectivity index (χ1) is 3.29. The Bertz CT molecular complexity index is 82.2. The Morgan fingerprint density at radius 2 is 2.29 bits per heavy atom. The van der Waals surface area contributed by atoms with Gasteiger partial charge < -0.3 is 0 Å². The molecule has 0 spiro atoms. The molecule has 7 heavy (non-hydrogen) atoms. The standard InChI is InChI=1S/C6H9F/c1-5(7)4-6-2-3-6/h6H,1-4H2. The van der Waals surface area contributed by atoms with Gasteiger partial charge in [-0.2, -0.15) is 0 Å². The minimum Gasteiger partial charge on any atom is -0.212 e. The molecular weight excluding hydrogens is 91.1 g/mol. The zero-order valence-corrected chi connectivity index (χ0v) is 4.28. The van der Waals surface area contributed by atoms with E-state index in [9.17, 15) is 4.39 Å². The molecule has 1 aliphatic carbocycles. The van der Waals surface area contributed by atoms with E-state index in [4.69, 9.17) is 0 Å². The van der Waals surface area contributed by atoms with Gasteiger partial charge in [-0.3, -0.25) is 0 Å². The highest BCUT2D eigenvalue weighted by atomic mass is 19.1. The number of hydrogen-bond donors (Lipinski definition) is 0. The third kappa shape index (κ3) is 1.72. The third-order valence-electron chi connectivity index (χ3n) is 1.21. The molecule has 0 atom stereocenters. The van der Waals surface area contributed by atoms with E-state index in [0.29, 0.717) is 12.3 Å². The normalized spacial score (nSPS) is 19.6. The molecule has 0 aromatic rings. The van der Waals surface area contributed by atoms with Gasteiger partial charge in [-0.1, -0.05) is 6.58 Å². The van der Waals surface area contributed by atoms with Crippen molar-refractivity contribution in [3.8, 4) is 0 Å². The smallest absolute Gasteiger partial charge is 0.0930 e. The summed E-state index contributed by atoms with van der Waals surface area (Å²) < 4.78 is 11.8. The monoisotopic (exact) mass is 100 g/mol. The van der Waals surface area contributed by atoms with Gasteiger partial charge in [0.1, 0.15) is 0 Å². The Morgan fingerprint density at radius 1 is 1.71 bits per heavy atom. The van der Waals surface area contributed by atoms with E-state index < -0.39 is 0 Å². The zero-order valence-electron chi connectivity index (χ0n) is 4.28. The molecule has 0 bridgehead atoms. The van der Waals surface area contributed by atoms with E-state index in [1.165, 1.54) is 12.8 Å². The van der Waals surface area contributed by atoms with Gasteiger partial charge in [0.2, 0.25) is 0 Å². The molecule has 0 aliphatic heterocycles. The molecule has 1 saturated carbocycles. The Kier molecular flexibility index (Phi) is 1.13. The predicted molar refractivity (Wildman–Crippen MR) is 27.6 cm³/mol. The average Bonchev–Trinajstić information content (AvgIpc) is 2.17. The summed E-state index contributed by atoms with van der Waals surface area (Å²) in [5, 5.41) is 0. The van der Waals surface area contributed by atoms with Crippen LogP contribution in [0, 0.1) is 5.92 Å². The van der Waals surface area contributed by atoms with Crippen LogP contribution in [0.5, 0.6) is 0 Å². The minimum absolute atomic E-state index is 0.150. The molecule has 0 nitrogen and oxygen atoms in total. The molecule has 1 aliphatic rings. The van der Waals surface area contributed by atoms with Crippen LogP contribution >= 0.6 is 0 Å². The van der Waals surface area contributed by atoms with Gasteiger partial charge >= 0.3 is 0 Å². The molecular formula is C6H9F. The third-order valence-corrected chi connectivity index (χ3v) is 1.21. The fraction of sp³-hybridized carbons (Fsp3) is 0.667. The van der Waals surface area contributed by atoms with E-state index in [1.807, 2.05) is 0 Å². The lowest BCUT2D eigenvalue weighted by Gasteiger charge is -1.85. The maximum absolute atomic E-state index is 11.8. The van der Waals surface area contributed by atoms with Gasteiger partial charge in [0.25, 0.3) is 0 Å². The fourth-order valence-corrected chi connectivity index (χ4v) is 0.635. The van der Waals surface area contributed by atoms with Crippen LogP contribution in [-0.4, -0.2) is 0 Å². The van der Waals surface area contributed by atoms with Crippen molar-refractivity contribution in [1.29, 1.82) is 0 Å². The fourth-order valence-electron chi connectivity index (χ4n) is 0.635.